The number of anilines is 1. The van der Waals surface area contributed by atoms with Crippen molar-refractivity contribution in [3.05, 3.63) is 76.7 Å². The molecule has 1 unspecified atom stereocenters. The highest BCUT2D eigenvalue weighted by atomic mass is 35.5. The van der Waals surface area contributed by atoms with Crippen LogP contribution in [0.1, 0.15) is 22.9 Å². The molecule has 1 atom stereocenters. The summed E-state index contributed by atoms with van der Waals surface area (Å²) in [6, 6.07) is 12.1. The predicted octanol–water partition coefficient (Wildman–Crippen LogP) is 4.35. The van der Waals surface area contributed by atoms with Gasteiger partial charge in [-0.05, 0) is 54.4 Å². The normalized spacial score (nSPS) is 15.4. The number of hydrogen-bond donors (Lipinski definition) is 2. The van der Waals surface area contributed by atoms with Crippen molar-refractivity contribution in [2.45, 2.75) is 12.5 Å². The number of fused-ring (bicyclic) bond motifs is 3. The number of ether oxygens (including phenoxy) is 2. The number of carbonyl (C=O) groups excluding carboxylic acids is 1. The average molecular weight is 450 g/mol. The minimum Gasteiger partial charge on any atom is -0.497 e. The number of hydrogen-bond acceptors (Lipinski definition) is 6. The van der Waals surface area contributed by atoms with Crippen LogP contribution < -0.4 is 15.2 Å². The number of nitrogens with zero attached hydrogens (tertiary/aromatic N) is 3. The second-order valence-electron chi connectivity index (χ2n) is 7.47. The van der Waals surface area contributed by atoms with Gasteiger partial charge in [-0.15, -0.1) is 0 Å². The van der Waals surface area contributed by atoms with Crippen LogP contribution in [0.15, 0.2) is 54.9 Å². The van der Waals surface area contributed by atoms with Gasteiger partial charge in [0.05, 0.1) is 7.11 Å². The van der Waals surface area contributed by atoms with E-state index in [2.05, 4.69) is 15.0 Å². The number of aromatic nitrogens is 3. The van der Waals surface area contributed by atoms with E-state index < -0.39 is 12.1 Å². The van der Waals surface area contributed by atoms with E-state index in [9.17, 15) is 4.79 Å². The Morgan fingerprint density at radius 2 is 1.88 bits per heavy atom. The highest BCUT2D eigenvalue weighted by Crippen LogP contribution is 2.39. The van der Waals surface area contributed by atoms with Gasteiger partial charge in [0.2, 0.25) is 5.95 Å². The van der Waals surface area contributed by atoms with Gasteiger partial charge in [-0.3, -0.25) is 4.90 Å². The zero-order valence-electron chi connectivity index (χ0n) is 17.2. The molecule has 0 saturated heterocycles. The summed E-state index contributed by atoms with van der Waals surface area (Å²) in [5, 5.41) is 1.70. The van der Waals surface area contributed by atoms with Crippen molar-refractivity contribution in [1.29, 1.82) is 0 Å². The van der Waals surface area contributed by atoms with Crippen molar-refractivity contribution in [3.63, 3.8) is 0 Å². The average Bonchev–Trinajstić information content (AvgIpc) is 3.17. The molecule has 0 aliphatic carbocycles. The van der Waals surface area contributed by atoms with Crippen LogP contribution in [0.5, 0.6) is 11.5 Å². The number of nitrogens with two attached hydrogens (primary N) is 1. The largest absolute Gasteiger partial charge is 0.497 e. The first-order valence-corrected chi connectivity index (χ1v) is 10.4. The number of rotatable bonds is 3. The summed E-state index contributed by atoms with van der Waals surface area (Å²) in [5.74, 6) is 1.28. The molecule has 2 aromatic carbocycles. The number of aromatic amines is 1. The van der Waals surface area contributed by atoms with Crippen molar-refractivity contribution in [3.8, 4) is 11.5 Å². The summed E-state index contributed by atoms with van der Waals surface area (Å²) >= 11 is 6.24. The van der Waals surface area contributed by atoms with Crippen molar-refractivity contribution in [2.24, 2.45) is 0 Å². The van der Waals surface area contributed by atoms with E-state index in [-0.39, 0.29) is 5.95 Å². The fourth-order valence-electron chi connectivity index (χ4n) is 4.10. The van der Waals surface area contributed by atoms with Crippen molar-refractivity contribution in [2.75, 3.05) is 19.4 Å². The lowest BCUT2D eigenvalue weighted by molar-refractivity contribution is 0.135. The van der Waals surface area contributed by atoms with E-state index in [1.165, 1.54) is 0 Å². The molecule has 0 saturated carbocycles. The third-order valence-electron chi connectivity index (χ3n) is 5.60. The van der Waals surface area contributed by atoms with Gasteiger partial charge < -0.3 is 20.2 Å². The van der Waals surface area contributed by atoms with Crippen LogP contribution in [0.4, 0.5) is 10.7 Å². The molecule has 0 bridgehead atoms. The summed E-state index contributed by atoms with van der Waals surface area (Å²) in [6.07, 6.45) is 3.45. The molecular weight excluding hydrogens is 430 g/mol. The Morgan fingerprint density at radius 3 is 2.59 bits per heavy atom. The Kier molecular flexibility index (Phi) is 5.07. The summed E-state index contributed by atoms with van der Waals surface area (Å²) in [7, 11) is 1.58. The van der Waals surface area contributed by atoms with Crippen molar-refractivity contribution in [1.82, 2.24) is 19.9 Å². The lowest BCUT2D eigenvalue weighted by Crippen LogP contribution is -2.42. The third-order valence-corrected chi connectivity index (χ3v) is 5.83. The van der Waals surface area contributed by atoms with Gasteiger partial charge in [-0.2, -0.15) is 0 Å². The molecule has 0 radical (unpaired) electrons. The molecular formula is C23H20ClN5O3. The van der Waals surface area contributed by atoms with Crippen LogP contribution in [-0.4, -0.2) is 39.6 Å². The zero-order valence-corrected chi connectivity index (χ0v) is 18.0. The fourth-order valence-corrected chi connectivity index (χ4v) is 4.27. The molecule has 9 heteroatoms. The lowest BCUT2D eigenvalue weighted by Gasteiger charge is -2.35. The predicted molar refractivity (Wildman–Crippen MR) is 121 cm³/mol. The molecule has 4 aromatic rings. The van der Waals surface area contributed by atoms with Crippen LogP contribution >= 0.6 is 11.6 Å². The summed E-state index contributed by atoms with van der Waals surface area (Å²) in [4.78, 5) is 26.6. The first-order chi connectivity index (χ1) is 15.5. The van der Waals surface area contributed by atoms with E-state index in [0.29, 0.717) is 29.5 Å². The maximum absolute atomic E-state index is 13.2. The van der Waals surface area contributed by atoms with Gasteiger partial charge in [-0.25, -0.2) is 14.8 Å². The van der Waals surface area contributed by atoms with Crippen LogP contribution in [-0.2, 0) is 6.42 Å². The van der Waals surface area contributed by atoms with Crippen molar-refractivity contribution >= 4 is 34.5 Å². The molecule has 8 nitrogen and oxygen atoms in total. The maximum Gasteiger partial charge on any atom is 0.416 e. The first kappa shape index (κ1) is 20.1. The molecule has 3 N–H and O–H groups in total. The highest BCUT2D eigenvalue weighted by molar-refractivity contribution is 6.31. The molecule has 0 fully saturated rings. The fraction of sp³-hybridized carbons (Fsp3) is 0.174. The second-order valence-corrected chi connectivity index (χ2v) is 7.91. The minimum absolute atomic E-state index is 0.167. The molecule has 1 aliphatic heterocycles. The number of amides is 1. The molecule has 3 heterocycles. The molecule has 1 aliphatic rings. The van der Waals surface area contributed by atoms with E-state index in [0.717, 1.165) is 27.7 Å². The van der Waals surface area contributed by atoms with Gasteiger partial charge in [0.15, 0.2) is 0 Å². The van der Waals surface area contributed by atoms with E-state index in [4.69, 9.17) is 26.8 Å². The smallest absolute Gasteiger partial charge is 0.416 e. The lowest BCUT2D eigenvalue weighted by atomic mass is 9.94. The summed E-state index contributed by atoms with van der Waals surface area (Å²) in [5.41, 5.74) is 9.36. The van der Waals surface area contributed by atoms with Crippen LogP contribution in [0.2, 0.25) is 5.02 Å². The number of methoxy groups -OCH3 is 1. The van der Waals surface area contributed by atoms with E-state index in [1.807, 2.05) is 18.2 Å². The highest BCUT2D eigenvalue weighted by Gasteiger charge is 2.36. The topological polar surface area (TPSA) is 106 Å². The van der Waals surface area contributed by atoms with Crippen molar-refractivity contribution < 1.29 is 14.3 Å². The molecule has 0 spiro atoms. The van der Waals surface area contributed by atoms with E-state index in [1.54, 1.807) is 48.7 Å². The van der Waals surface area contributed by atoms with Gasteiger partial charge in [0.1, 0.15) is 17.5 Å². The molecule has 32 heavy (non-hydrogen) atoms. The Morgan fingerprint density at radius 1 is 1.16 bits per heavy atom. The SMILES string of the molecule is COc1ccc(OC(=O)N2CCc3c([nH]c4ccc(Cl)cc34)C2c2cnc(N)nc2)cc1. The van der Waals surface area contributed by atoms with Crippen LogP contribution in [0.3, 0.4) is 0 Å². The monoisotopic (exact) mass is 449 g/mol. The Hall–Kier alpha value is -3.78. The standard InChI is InChI=1S/C23H20ClN5O3/c1-31-15-3-5-16(6-4-15)32-23(30)29-9-8-17-18-10-14(24)2-7-19(18)28-20(17)21(29)13-11-26-22(25)27-12-13/h2-7,10-12,21,28H,8-9H2,1H3,(H2,25,26,27). The Balaban J connectivity index is 1.55. The number of carbonyl (C=O) groups is 1. The first-order valence-electron chi connectivity index (χ1n) is 10.0. The van der Waals surface area contributed by atoms with E-state index >= 15 is 0 Å². The molecule has 1 amide bonds. The zero-order chi connectivity index (χ0) is 22.2. The molecule has 2 aromatic heterocycles. The molecule has 5 rings (SSSR count). The van der Waals surface area contributed by atoms with Gasteiger partial charge in [-0.1, -0.05) is 11.6 Å². The maximum atomic E-state index is 13.2. The number of H-pyrrole nitrogens is 1. The molecule has 162 valence electrons. The van der Waals surface area contributed by atoms with Gasteiger partial charge in [0, 0.05) is 46.1 Å². The Bertz CT molecular complexity index is 1290. The minimum atomic E-state index is -0.473. The summed E-state index contributed by atoms with van der Waals surface area (Å²) < 4.78 is 10.8. The van der Waals surface area contributed by atoms with Crippen LogP contribution in [0, 0.1) is 0 Å². The van der Waals surface area contributed by atoms with Gasteiger partial charge >= 0.3 is 6.09 Å². The number of nitrogens with one attached hydrogen (secondary N) is 1. The van der Waals surface area contributed by atoms with Crippen LogP contribution in [0.25, 0.3) is 10.9 Å². The summed E-state index contributed by atoms with van der Waals surface area (Å²) in [6.45, 7) is 0.455. The number of benzene rings is 2. The Labute approximate surface area is 188 Å². The van der Waals surface area contributed by atoms with Gasteiger partial charge in [0.25, 0.3) is 0 Å². The second kappa shape index (κ2) is 8.05. The third kappa shape index (κ3) is 3.58. The quantitative estimate of drug-likeness (QED) is 0.481. The number of halogens is 1. The number of nitrogen functional groups attached to an aromatic ring is 1.